The summed E-state index contributed by atoms with van der Waals surface area (Å²) in [5.74, 6) is -0.382. The fourth-order valence-electron chi connectivity index (χ4n) is 3.20. The highest BCUT2D eigenvalue weighted by Crippen LogP contribution is 2.39. The SMILES string of the molecule is COC(=O)c1c(NC(=O)CC[NH+]2CCOCC2)sc2c1CCC2. The second kappa shape index (κ2) is 7.42. The summed E-state index contributed by atoms with van der Waals surface area (Å²) in [6.07, 6.45) is 3.40. The molecule has 0 aromatic carbocycles. The number of thiophene rings is 1. The molecule has 23 heavy (non-hydrogen) atoms. The van der Waals surface area contributed by atoms with E-state index in [0.29, 0.717) is 17.0 Å². The van der Waals surface area contributed by atoms with Gasteiger partial charge in [-0.2, -0.15) is 0 Å². The molecule has 1 aliphatic heterocycles. The van der Waals surface area contributed by atoms with Crippen LogP contribution in [0.4, 0.5) is 5.00 Å². The molecule has 126 valence electrons. The molecular formula is C16H23N2O4S+. The Hall–Kier alpha value is -1.44. The van der Waals surface area contributed by atoms with Crippen LogP contribution in [0.1, 0.15) is 33.6 Å². The van der Waals surface area contributed by atoms with E-state index in [0.717, 1.165) is 57.7 Å². The average Bonchev–Trinajstić information content (AvgIpc) is 3.14. The number of morpholine rings is 1. The van der Waals surface area contributed by atoms with Gasteiger partial charge in [0.05, 0.1) is 38.9 Å². The number of ether oxygens (including phenoxy) is 2. The van der Waals surface area contributed by atoms with Crippen LogP contribution in [0.3, 0.4) is 0 Å². The van der Waals surface area contributed by atoms with Gasteiger partial charge < -0.3 is 19.7 Å². The Labute approximate surface area is 139 Å². The van der Waals surface area contributed by atoms with E-state index in [-0.39, 0.29) is 11.9 Å². The molecule has 0 atom stereocenters. The van der Waals surface area contributed by atoms with Crippen molar-refractivity contribution in [3.8, 4) is 0 Å². The van der Waals surface area contributed by atoms with Gasteiger partial charge in [-0.15, -0.1) is 11.3 Å². The summed E-state index contributed by atoms with van der Waals surface area (Å²) in [7, 11) is 1.38. The maximum atomic E-state index is 12.2. The zero-order valence-corrected chi connectivity index (χ0v) is 14.2. The van der Waals surface area contributed by atoms with Gasteiger partial charge in [0, 0.05) is 4.88 Å². The molecule has 1 aliphatic carbocycles. The quantitative estimate of drug-likeness (QED) is 0.756. The van der Waals surface area contributed by atoms with Gasteiger partial charge in [0.2, 0.25) is 5.91 Å². The number of esters is 1. The molecule has 7 heteroatoms. The molecule has 2 heterocycles. The molecule has 1 amide bonds. The third-order valence-electron chi connectivity index (χ3n) is 4.47. The molecule has 3 rings (SSSR count). The highest BCUT2D eigenvalue weighted by Gasteiger charge is 2.28. The smallest absolute Gasteiger partial charge is 0.341 e. The molecular weight excluding hydrogens is 316 g/mol. The van der Waals surface area contributed by atoms with Crippen molar-refractivity contribution in [1.29, 1.82) is 0 Å². The van der Waals surface area contributed by atoms with E-state index >= 15 is 0 Å². The zero-order chi connectivity index (χ0) is 16.2. The van der Waals surface area contributed by atoms with E-state index in [1.165, 1.54) is 28.2 Å². The molecule has 0 bridgehead atoms. The van der Waals surface area contributed by atoms with Crippen LogP contribution < -0.4 is 10.2 Å². The number of methoxy groups -OCH3 is 1. The van der Waals surface area contributed by atoms with Gasteiger partial charge in [-0.25, -0.2) is 4.79 Å². The Morgan fingerprint density at radius 1 is 1.30 bits per heavy atom. The van der Waals surface area contributed by atoms with Crippen LogP contribution in [0.2, 0.25) is 0 Å². The summed E-state index contributed by atoms with van der Waals surface area (Å²) in [6.45, 7) is 4.23. The van der Waals surface area contributed by atoms with Crippen molar-refractivity contribution in [1.82, 2.24) is 0 Å². The van der Waals surface area contributed by atoms with Crippen LogP contribution in [0.25, 0.3) is 0 Å². The number of aryl methyl sites for hydroxylation is 1. The van der Waals surface area contributed by atoms with Crippen LogP contribution in [0.5, 0.6) is 0 Å². The normalized spacial score (nSPS) is 17.8. The number of hydrogen-bond donors (Lipinski definition) is 2. The topological polar surface area (TPSA) is 69.1 Å². The lowest BCUT2D eigenvalue weighted by Crippen LogP contribution is -3.14. The van der Waals surface area contributed by atoms with Crippen molar-refractivity contribution in [2.24, 2.45) is 0 Å². The summed E-state index contributed by atoms with van der Waals surface area (Å²) in [5, 5.41) is 3.58. The van der Waals surface area contributed by atoms with Gasteiger partial charge in [0.1, 0.15) is 18.1 Å². The molecule has 1 aromatic rings. The first-order valence-electron chi connectivity index (χ1n) is 8.13. The first kappa shape index (κ1) is 16.4. The first-order chi connectivity index (χ1) is 11.2. The number of carbonyl (C=O) groups is 2. The molecule has 6 nitrogen and oxygen atoms in total. The van der Waals surface area contributed by atoms with Gasteiger partial charge in [0.15, 0.2) is 0 Å². The summed E-state index contributed by atoms with van der Waals surface area (Å²) < 4.78 is 10.2. The minimum absolute atomic E-state index is 0.0333. The van der Waals surface area contributed by atoms with Crippen molar-refractivity contribution < 1.29 is 24.0 Å². The zero-order valence-electron chi connectivity index (χ0n) is 13.4. The molecule has 0 saturated carbocycles. The first-order valence-corrected chi connectivity index (χ1v) is 8.94. The van der Waals surface area contributed by atoms with Crippen LogP contribution in [-0.2, 0) is 27.1 Å². The predicted molar refractivity (Wildman–Crippen MR) is 87.3 cm³/mol. The maximum Gasteiger partial charge on any atom is 0.341 e. The second-order valence-corrected chi connectivity index (χ2v) is 7.07. The number of rotatable bonds is 5. The Morgan fingerprint density at radius 3 is 2.83 bits per heavy atom. The van der Waals surface area contributed by atoms with Crippen LogP contribution >= 0.6 is 11.3 Å². The molecule has 0 radical (unpaired) electrons. The van der Waals surface area contributed by atoms with Gasteiger partial charge in [0.25, 0.3) is 0 Å². The highest BCUT2D eigenvalue weighted by molar-refractivity contribution is 7.17. The molecule has 1 fully saturated rings. The Bertz CT molecular complexity index is 593. The number of quaternary nitrogens is 1. The van der Waals surface area contributed by atoms with E-state index in [9.17, 15) is 9.59 Å². The van der Waals surface area contributed by atoms with Gasteiger partial charge >= 0.3 is 5.97 Å². The standard InChI is InChI=1S/C16H22N2O4S/c1-21-16(20)14-11-3-2-4-12(11)23-15(14)17-13(19)5-6-18-7-9-22-10-8-18/h2-10H2,1H3,(H,17,19)/p+1. The van der Waals surface area contributed by atoms with E-state index in [4.69, 9.17) is 9.47 Å². The fourth-order valence-corrected chi connectivity index (χ4v) is 4.49. The van der Waals surface area contributed by atoms with Crippen molar-refractivity contribution in [3.63, 3.8) is 0 Å². The molecule has 1 aromatic heterocycles. The van der Waals surface area contributed by atoms with Crippen LogP contribution in [0.15, 0.2) is 0 Å². The van der Waals surface area contributed by atoms with E-state index < -0.39 is 0 Å². The lowest BCUT2D eigenvalue weighted by Gasteiger charge is -2.23. The highest BCUT2D eigenvalue weighted by atomic mass is 32.1. The minimum Gasteiger partial charge on any atom is -0.465 e. The number of hydrogen-bond acceptors (Lipinski definition) is 5. The molecule has 2 aliphatic rings. The van der Waals surface area contributed by atoms with Crippen LogP contribution in [-0.4, -0.2) is 51.8 Å². The lowest BCUT2D eigenvalue weighted by molar-refractivity contribution is -0.907. The Kier molecular flexibility index (Phi) is 5.30. The number of carbonyl (C=O) groups excluding carboxylic acids is 2. The number of fused-ring (bicyclic) bond motifs is 1. The van der Waals surface area contributed by atoms with Crippen molar-refractivity contribution in [2.45, 2.75) is 25.7 Å². The van der Waals surface area contributed by atoms with Crippen molar-refractivity contribution in [3.05, 3.63) is 16.0 Å². The monoisotopic (exact) mass is 339 g/mol. The van der Waals surface area contributed by atoms with E-state index in [1.807, 2.05) is 0 Å². The van der Waals surface area contributed by atoms with E-state index in [2.05, 4.69) is 5.32 Å². The third kappa shape index (κ3) is 3.73. The second-order valence-electron chi connectivity index (χ2n) is 5.96. The van der Waals surface area contributed by atoms with Crippen molar-refractivity contribution in [2.75, 3.05) is 45.3 Å². The summed E-state index contributed by atoms with van der Waals surface area (Å²) in [6, 6.07) is 0. The summed E-state index contributed by atoms with van der Waals surface area (Å²) in [4.78, 5) is 26.9. The lowest BCUT2D eigenvalue weighted by atomic mass is 10.1. The summed E-state index contributed by atoms with van der Waals surface area (Å²) in [5.41, 5.74) is 1.63. The summed E-state index contributed by atoms with van der Waals surface area (Å²) >= 11 is 1.52. The van der Waals surface area contributed by atoms with Gasteiger partial charge in [-0.1, -0.05) is 0 Å². The molecule has 0 unspecified atom stereocenters. The third-order valence-corrected chi connectivity index (χ3v) is 5.68. The molecule has 2 N–H and O–H groups in total. The van der Waals surface area contributed by atoms with Gasteiger partial charge in [-0.3, -0.25) is 4.79 Å². The molecule has 0 spiro atoms. The van der Waals surface area contributed by atoms with Gasteiger partial charge in [-0.05, 0) is 24.8 Å². The Balaban J connectivity index is 1.63. The average molecular weight is 339 g/mol. The fraction of sp³-hybridized carbons (Fsp3) is 0.625. The Morgan fingerprint density at radius 2 is 2.09 bits per heavy atom. The maximum absolute atomic E-state index is 12.2. The minimum atomic E-state index is -0.349. The van der Waals surface area contributed by atoms with Crippen LogP contribution in [0, 0.1) is 0 Å². The number of amides is 1. The number of nitrogens with one attached hydrogen (secondary N) is 2. The number of anilines is 1. The largest absolute Gasteiger partial charge is 0.465 e. The predicted octanol–water partition coefficient (Wildman–Crippen LogP) is 0.267. The van der Waals surface area contributed by atoms with Crippen molar-refractivity contribution >= 4 is 28.2 Å². The van der Waals surface area contributed by atoms with E-state index in [1.54, 1.807) is 0 Å². The molecule has 1 saturated heterocycles.